The fourth-order valence-corrected chi connectivity index (χ4v) is 1.05. The third-order valence-electron chi connectivity index (χ3n) is 2.05. The van der Waals surface area contributed by atoms with E-state index in [4.69, 9.17) is 11.0 Å². The fraction of sp³-hybridized carbons (Fsp3) is 0.300. The zero-order chi connectivity index (χ0) is 9.84. The number of benzene rings is 1. The van der Waals surface area contributed by atoms with E-state index < -0.39 is 0 Å². The minimum absolute atomic E-state index is 0.137. The summed E-state index contributed by atoms with van der Waals surface area (Å²) < 4.78 is 0. The van der Waals surface area contributed by atoms with Crippen LogP contribution >= 0.6 is 0 Å². The molecule has 0 fully saturated rings. The summed E-state index contributed by atoms with van der Waals surface area (Å²) in [5.74, 6) is 0. The Balaban J connectivity index is 2.90. The van der Waals surface area contributed by atoms with Gasteiger partial charge in [0, 0.05) is 18.4 Å². The van der Waals surface area contributed by atoms with Crippen molar-refractivity contribution in [1.82, 2.24) is 0 Å². The molecule has 0 amide bonds. The topological polar surface area (TPSA) is 53.0 Å². The average molecular weight is 175 g/mol. The molecule has 1 aromatic rings. The second kappa shape index (κ2) is 3.81. The third kappa shape index (κ3) is 2.12. The maximum Gasteiger partial charge on any atom is 0.113 e. The van der Waals surface area contributed by atoms with Crippen molar-refractivity contribution in [1.29, 1.82) is 5.26 Å². The van der Waals surface area contributed by atoms with Gasteiger partial charge in [0.1, 0.15) is 6.04 Å². The Morgan fingerprint density at radius 2 is 2.23 bits per heavy atom. The Bertz CT molecular complexity index is 327. The van der Waals surface area contributed by atoms with E-state index in [1.807, 2.05) is 43.1 Å². The Morgan fingerprint density at radius 3 is 2.77 bits per heavy atom. The van der Waals surface area contributed by atoms with Gasteiger partial charge in [-0.15, -0.1) is 0 Å². The lowest BCUT2D eigenvalue weighted by atomic mass is 10.2. The maximum atomic E-state index is 8.71. The van der Waals surface area contributed by atoms with Crippen LogP contribution in [0.1, 0.15) is 6.92 Å². The quantitative estimate of drug-likeness (QED) is 0.695. The number of anilines is 2. The minimum Gasteiger partial charge on any atom is -0.399 e. The second-order valence-electron chi connectivity index (χ2n) is 3.01. The zero-order valence-electron chi connectivity index (χ0n) is 7.86. The Morgan fingerprint density at radius 1 is 1.54 bits per heavy atom. The van der Waals surface area contributed by atoms with E-state index in [0.29, 0.717) is 0 Å². The summed E-state index contributed by atoms with van der Waals surface area (Å²) in [7, 11) is 1.88. The van der Waals surface area contributed by atoms with E-state index in [0.717, 1.165) is 11.4 Å². The number of hydrogen-bond acceptors (Lipinski definition) is 3. The van der Waals surface area contributed by atoms with Crippen LogP contribution in [0.2, 0.25) is 0 Å². The number of nitrogens with zero attached hydrogens (tertiary/aromatic N) is 2. The van der Waals surface area contributed by atoms with E-state index in [1.165, 1.54) is 0 Å². The smallest absolute Gasteiger partial charge is 0.113 e. The van der Waals surface area contributed by atoms with Crippen LogP contribution in [0, 0.1) is 11.3 Å². The predicted octanol–water partition coefficient (Wildman–Crippen LogP) is 1.62. The lowest BCUT2D eigenvalue weighted by Gasteiger charge is -2.21. The van der Waals surface area contributed by atoms with Crippen molar-refractivity contribution in [3.8, 4) is 6.07 Å². The predicted molar refractivity (Wildman–Crippen MR) is 54.3 cm³/mol. The molecule has 0 saturated heterocycles. The van der Waals surface area contributed by atoms with Crippen molar-refractivity contribution in [2.75, 3.05) is 17.7 Å². The highest BCUT2D eigenvalue weighted by molar-refractivity contribution is 5.56. The van der Waals surface area contributed by atoms with Crippen molar-refractivity contribution >= 4 is 11.4 Å². The van der Waals surface area contributed by atoms with Gasteiger partial charge in [-0.1, -0.05) is 6.07 Å². The average Bonchev–Trinajstić information content (AvgIpc) is 2.15. The van der Waals surface area contributed by atoms with Gasteiger partial charge in [-0.3, -0.25) is 0 Å². The molecule has 1 unspecified atom stereocenters. The highest BCUT2D eigenvalue weighted by Gasteiger charge is 2.07. The molecule has 0 saturated carbocycles. The molecule has 3 heteroatoms. The fourth-order valence-electron chi connectivity index (χ4n) is 1.05. The number of nitrogens with two attached hydrogens (primary N) is 1. The molecule has 1 rings (SSSR count). The van der Waals surface area contributed by atoms with E-state index >= 15 is 0 Å². The lowest BCUT2D eigenvalue weighted by Crippen LogP contribution is -2.27. The molecule has 0 spiro atoms. The first kappa shape index (κ1) is 9.40. The third-order valence-corrected chi connectivity index (χ3v) is 2.05. The first-order valence-corrected chi connectivity index (χ1v) is 4.13. The Labute approximate surface area is 78.4 Å². The van der Waals surface area contributed by atoms with E-state index in [1.54, 1.807) is 0 Å². The molecule has 1 atom stereocenters. The van der Waals surface area contributed by atoms with Crippen molar-refractivity contribution in [2.24, 2.45) is 0 Å². The first-order valence-electron chi connectivity index (χ1n) is 4.13. The molecule has 2 N–H and O–H groups in total. The molecule has 3 nitrogen and oxygen atoms in total. The summed E-state index contributed by atoms with van der Waals surface area (Å²) in [6.45, 7) is 1.85. The van der Waals surface area contributed by atoms with Crippen LogP contribution in [0.5, 0.6) is 0 Å². The highest BCUT2D eigenvalue weighted by Crippen LogP contribution is 2.17. The molecule has 0 radical (unpaired) electrons. The summed E-state index contributed by atoms with van der Waals surface area (Å²) in [6.07, 6.45) is 0. The largest absolute Gasteiger partial charge is 0.399 e. The Kier molecular flexibility index (Phi) is 2.76. The summed E-state index contributed by atoms with van der Waals surface area (Å²) >= 11 is 0. The number of hydrogen-bond donors (Lipinski definition) is 1. The summed E-state index contributed by atoms with van der Waals surface area (Å²) in [4.78, 5) is 1.89. The van der Waals surface area contributed by atoms with Crippen molar-refractivity contribution in [3.05, 3.63) is 24.3 Å². The number of rotatable bonds is 2. The monoisotopic (exact) mass is 175 g/mol. The SMILES string of the molecule is CC(C#N)N(C)c1cccc(N)c1. The molecule has 0 bridgehead atoms. The van der Waals surface area contributed by atoms with Gasteiger partial charge in [0.25, 0.3) is 0 Å². The molecule has 0 aliphatic rings. The molecule has 0 aromatic heterocycles. The molecular weight excluding hydrogens is 162 g/mol. The lowest BCUT2D eigenvalue weighted by molar-refractivity contribution is 0.836. The van der Waals surface area contributed by atoms with Crippen LogP contribution in [0.25, 0.3) is 0 Å². The van der Waals surface area contributed by atoms with Gasteiger partial charge in [-0.2, -0.15) is 5.26 Å². The normalized spacial score (nSPS) is 11.8. The summed E-state index contributed by atoms with van der Waals surface area (Å²) in [5, 5.41) is 8.71. The van der Waals surface area contributed by atoms with Gasteiger partial charge in [-0.05, 0) is 25.1 Å². The molecular formula is C10H13N3. The maximum absolute atomic E-state index is 8.71. The van der Waals surface area contributed by atoms with Gasteiger partial charge in [0.15, 0.2) is 0 Å². The Hall–Kier alpha value is -1.69. The van der Waals surface area contributed by atoms with Gasteiger partial charge in [-0.25, -0.2) is 0 Å². The van der Waals surface area contributed by atoms with E-state index in [9.17, 15) is 0 Å². The molecule has 68 valence electrons. The highest BCUT2D eigenvalue weighted by atomic mass is 15.1. The van der Waals surface area contributed by atoms with Gasteiger partial charge in [0.05, 0.1) is 6.07 Å². The number of nitrogen functional groups attached to an aromatic ring is 1. The van der Waals surface area contributed by atoms with Crippen LogP contribution in [-0.4, -0.2) is 13.1 Å². The summed E-state index contributed by atoms with van der Waals surface area (Å²) in [6, 6.07) is 9.53. The second-order valence-corrected chi connectivity index (χ2v) is 3.01. The van der Waals surface area contributed by atoms with Crippen LogP contribution in [0.4, 0.5) is 11.4 Å². The molecule has 1 aromatic carbocycles. The van der Waals surface area contributed by atoms with Crippen molar-refractivity contribution in [3.63, 3.8) is 0 Å². The molecule has 13 heavy (non-hydrogen) atoms. The van der Waals surface area contributed by atoms with E-state index in [2.05, 4.69) is 6.07 Å². The van der Waals surface area contributed by atoms with Crippen LogP contribution in [-0.2, 0) is 0 Å². The van der Waals surface area contributed by atoms with Crippen LogP contribution in [0.15, 0.2) is 24.3 Å². The first-order chi connectivity index (χ1) is 6.15. The van der Waals surface area contributed by atoms with Crippen LogP contribution in [0.3, 0.4) is 0 Å². The minimum atomic E-state index is -0.137. The van der Waals surface area contributed by atoms with E-state index in [-0.39, 0.29) is 6.04 Å². The molecule has 0 aliphatic heterocycles. The number of nitriles is 1. The van der Waals surface area contributed by atoms with Gasteiger partial charge in [0.2, 0.25) is 0 Å². The van der Waals surface area contributed by atoms with Crippen molar-refractivity contribution < 1.29 is 0 Å². The molecule has 0 aliphatic carbocycles. The van der Waals surface area contributed by atoms with Gasteiger partial charge < -0.3 is 10.6 Å². The zero-order valence-corrected chi connectivity index (χ0v) is 7.86. The molecule has 0 heterocycles. The van der Waals surface area contributed by atoms with Crippen molar-refractivity contribution in [2.45, 2.75) is 13.0 Å². The van der Waals surface area contributed by atoms with Gasteiger partial charge >= 0.3 is 0 Å². The van der Waals surface area contributed by atoms with Crippen LogP contribution < -0.4 is 10.6 Å². The standard InChI is InChI=1S/C10H13N3/c1-8(7-11)13(2)10-5-3-4-9(12)6-10/h3-6,8H,12H2,1-2H3. The summed E-state index contributed by atoms with van der Waals surface area (Å²) in [5.41, 5.74) is 7.31.